The van der Waals surface area contributed by atoms with Crippen LogP contribution < -0.4 is 5.32 Å². The standard InChI is InChI=1S/C17H25NO/c1-11(2)13-4-6-14(7-5-13)12(3)18-16-10-15-8-9-17(16)19-15/h4-7,11-12,15-18H,8-10H2,1-3H3. The number of rotatable bonds is 4. The molecule has 2 heterocycles. The second-order valence-electron chi connectivity index (χ2n) is 6.43. The zero-order chi connectivity index (χ0) is 13.4. The fourth-order valence-electron chi connectivity index (χ4n) is 3.40. The normalized spacial score (nSPS) is 31.1. The molecule has 19 heavy (non-hydrogen) atoms. The lowest BCUT2D eigenvalue weighted by Gasteiger charge is -2.25. The molecular weight excluding hydrogens is 234 g/mol. The van der Waals surface area contributed by atoms with Gasteiger partial charge in [0.05, 0.1) is 12.2 Å². The van der Waals surface area contributed by atoms with Crippen LogP contribution in [-0.4, -0.2) is 18.2 Å². The summed E-state index contributed by atoms with van der Waals surface area (Å²) in [4.78, 5) is 0. The molecule has 2 aliphatic heterocycles. The minimum absolute atomic E-state index is 0.411. The lowest BCUT2D eigenvalue weighted by molar-refractivity contribution is 0.0962. The molecule has 3 rings (SSSR count). The summed E-state index contributed by atoms with van der Waals surface area (Å²) < 4.78 is 5.91. The second-order valence-corrected chi connectivity index (χ2v) is 6.43. The molecule has 1 aromatic carbocycles. The third kappa shape index (κ3) is 2.70. The lowest BCUT2D eigenvalue weighted by Crippen LogP contribution is -2.38. The van der Waals surface area contributed by atoms with Crippen molar-refractivity contribution in [2.75, 3.05) is 0 Å². The Kier molecular flexibility index (Phi) is 3.64. The first-order valence-electron chi connectivity index (χ1n) is 7.65. The van der Waals surface area contributed by atoms with E-state index >= 15 is 0 Å². The molecule has 4 unspecified atom stereocenters. The van der Waals surface area contributed by atoms with Crippen molar-refractivity contribution in [2.24, 2.45) is 0 Å². The molecule has 104 valence electrons. The zero-order valence-electron chi connectivity index (χ0n) is 12.2. The van der Waals surface area contributed by atoms with Crippen LogP contribution in [0.15, 0.2) is 24.3 Å². The van der Waals surface area contributed by atoms with Gasteiger partial charge in [-0.2, -0.15) is 0 Å². The molecule has 1 N–H and O–H groups in total. The maximum Gasteiger partial charge on any atom is 0.0733 e. The van der Waals surface area contributed by atoms with Gasteiger partial charge in [-0.25, -0.2) is 0 Å². The Morgan fingerprint density at radius 1 is 1.05 bits per heavy atom. The lowest BCUT2D eigenvalue weighted by atomic mass is 9.93. The molecule has 0 saturated carbocycles. The van der Waals surface area contributed by atoms with Gasteiger partial charge >= 0.3 is 0 Å². The summed E-state index contributed by atoms with van der Waals surface area (Å²) in [6, 6.07) is 10.0. The highest BCUT2D eigenvalue weighted by atomic mass is 16.5. The number of benzene rings is 1. The molecule has 2 aliphatic rings. The van der Waals surface area contributed by atoms with Gasteiger partial charge in [0.1, 0.15) is 0 Å². The molecule has 2 bridgehead atoms. The summed E-state index contributed by atoms with van der Waals surface area (Å²) in [5.74, 6) is 0.608. The van der Waals surface area contributed by atoms with Gasteiger partial charge in [-0.1, -0.05) is 38.1 Å². The Morgan fingerprint density at radius 2 is 1.74 bits per heavy atom. The third-order valence-electron chi connectivity index (χ3n) is 4.67. The van der Waals surface area contributed by atoms with Gasteiger partial charge < -0.3 is 10.1 Å². The van der Waals surface area contributed by atoms with Crippen LogP contribution in [0.1, 0.15) is 63.1 Å². The summed E-state index contributed by atoms with van der Waals surface area (Å²) in [6.45, 7) is 6.74. The van der Waals surface area contributed by atoms with Crippen LogP contribution in [-0.2, 0) is 4.74 Å². The third-order valence-corrected chi connectivity index (χ3v) is 4.67. The van der Waals surface area contributed by atoms with Crippen LogP contribution in [0.3, 0.4) is 0 Å². The average molecular weight is 259 g/mol. The van der Waals surface area contributed by atoms with E-state index in [1.54, 1.807) is 0 Å². The van der Waals surface area contributed by atoms with Gasteiger partial charge in [0.15, 0.2) is 0 Å². The van der Waals surface area contributed by atoms with E-state index in [0.717, 1.165) is 0 Å². The topological polar surface area (TPSA) is 21.3 Å². The van der Waals surface area contributed by atoms with Crippen LogP contribution in [0, 0.1) is 0 Å². The fraction of sp³-hybridized carbons (Fsp3) is 0.647. The van der Waals surface area contributed by atoms with Crippen LogP contribution >= 0.6 is 0 Å². The molecule has 0 radical (unpaired) electrons. The van der Waals surface area contributed by atoms with Gasteiger partial charge in [-0.05, 0) is 43.2 Å². The Hall–Kier alpha value is -0.860. The van der Waals surface area contributed by atoms with Crippen molar-refractivity contribution in [2.45, 2.75) is 70.2 Å². The first-order chi connectivity index (χ1) is 9.13. The van der Waals surface area contributed by atoms with Crippen molar-refractivity contribution in [3.05, 3.63) is 35.4 Å². The number of hydrogen-bond donors (Lipinski definition) is 1. The van der Waals surface area contributed by atoms with Crippen molar-refractivity contribution < 1.29 is 4.74 Å². The minimum atomic E-state index is 0.411. The average Bonchev–Trinajstić information content (AvgIpc) is 3.01. The van der Waals surface area contributed by atoms with Crippen molar-refractivity contribution in [1.82, 2.24) is 5.32 Å². The molecule has 4 atom stereocenters. The molecule has 2 heteroatoms. The summed E-state index contributed by atoms with van der Waals surface area (Å²) in [5, 5.41) is 3.75. The van der Waals surface area contributed by atoms with E-state index in [2.05, 4.69) is 50.4 Å². The highest BCUT2D eigenvalue weighted by Crippen LogP contribution is 2.35. The van der Waals surface area contributed by atoms with Crippen LogP contribution in [0.2, 0.25) is 0 Å². The van der Waals surface area contributed by atoms with E-state index in [1.807, 2.05) is 0 Å². The van der Waals surface area contributed by atoms with E-state index < -0.39 is 0 Å². The fourth-order valence-corrected chi connectivity index (χ4v) is 3.40. The van der Waals surface area contributed by atoms with Crippen molar-refractivity contribution >= 4 is 0 Å². The highest BCUT2D eigenvalue weighted by Gasteiger charge is 2.40. The SMILES string of the molecule is CC(C)c1ccc(C(C)NC2CC3CCC2O3)cc1. The predicted octanol–water partition coefficient (Wildman–Crippen LogP) is 3.78. The molecule has 1 aromatic rings. The monoisotopic (exact) mass is 259 g/mol. The number of fused-ring (bicyclic) bond motifs is 2. The molecule has 0 aliphatic carbocycles. The molecular formula is C17H25NO. The van der Waals surface area contributed by atoms with E-state index in [4.69, 9.17) is 4.74 Å². The van der Waals surface area contributed by atoms with E-state index in [9.17, 15) is 0 Å². The van der Waals surface area contributed by atoms with Crippen LogP contribution in [0.25, 0.3) is 0 Å². The van der Waals surface area contributed by atoms with E-state index in [0.29, 0.717) is 30.2 Å². The summed E-state index contributed by atoms with van der Waals surface area (Å²) in [7, 11) is 0. The van der Waals surface area contributed by atoms with E-state index in [-0.39, 0.29) is 0 Å². The minimum Gasteiger partial charge on any atom is -0.373 e. The van der Waals surface area contributed by atoms with Crippen LogP contribution in [0.4, 0.5) is 0 Å². The predicted molar refractivity (Wildman–Crippen MR) is 78.4 cm³/mol. The smallest absolute Gasteiger partial charge is 0.0733 e. The summed E-state index contributed by atoms with van der Waals surface area (Å²) in [6.07, 6.45) is 4.68. The molecule has 0 amide bonds. The number of hydrogen-bond acceptors (Lipinski definition) is 2. The van der Waals surface area contributed by atoms with Gasteiger partial charge in [0, 0.05) is 12.1 Å². The van der Waals surface area contributed by atoms with E-state index in [1.165, 1.54) is 30.4 Å². The van der Waals surface area contributed by atoms with Crippen molar-refractivity contribution in [1.29, 1.82) is 0 Å². The van der Waals surface area contributed by atoms with Gasteiger partial charge in [0.2, 0.25) is 0 Å². The summed E-state index contributed by atoms with van der Waals surface area (Å²) >= 11 is 0. The van der Waals surface area contributed by atoms with Gasteiger partial charge in [0.25, 0.3) is 0 Å². The maximum atomic E-state index is 5.91. The summed E-state index contributed by atoms with van der Waals surface area (Å²) in [5.41, 5.74) is 2.80. The number of nitrogens with one attached hydrogen (secondary N) is 1. The van der Waals surface area contributed by atoms with Crippen molar-refractivity contribution in [3.8, 4) is 0 Å². The maximum absolute atomic E-state index is 5.91. The molecule has 2 nitrogen and oxygen atoms in total. The number of ether oxygens (including phenoxy) is 1. The quantitative estimate of drug-likeness (QED) is 0.888. The van der Waals surface area contributed by atoms with Crippen LogP contribution in [0.5, 0.6) is 0 Å². The van der Waals surface area contributed by atoms with Gasteiger partial charge in [-0.3, -0.25) is 0 Å². The first kappa shape index (κ1) is 13.1. The second kappa shape index (κ2) is 5.26. The molecule has 2 saturated heterocycles. The Balaban J connectivity index is 1.62. The van der Waals surface area contributed by atoms with Crippen molar-refractivity contribution in [3.63, 3.8) is 0 Å². The zero-order valence-corrected chi connectivity index (χ0v) is 12.2. The molecule has 0 aromatic heterocycles. The largest absolute Gasteiger partial charge is 0.373 e. The Labute approximate surface area is 116 Å². The molecule has 0 spiro atoms. The Bertz CT molecular complexity index is 425. The first-order valence-corrected chi connectivity index (χ1v) is 7.65. The van der Waals surface area contributed by atoms with Gasteiger partial charge in [-0.15, -0.1) is 0 Å². The highest BCUT2D eigenvalue weighted by molar-refractivity contribution is 5.26. The molecule has 2 fully saturated rings. The Morgan fingerprint density at radius 3 is 2.26 bits per heavy atom.